The number of esters is 1. The fraction of sp³-hybridized carbons (Fsp3) is 0.400. The molecule has 0 spiro atoms. The predicted octanol–water partition coefficient (Wildman–Crippen LogP) is 4.12. The minimum Gasteiger partial charge on any atom is -0.462 e. The van der Waals surface area contributed by atoms with Crippen molar-refractivity contribution in [2.45, 2.75) is 56.5 Å². The second-order valence-electron chi connectivity index (χ2n) is 8.54. The number of thiophene rings is 1. The Morgan fingerprint density at radius 3 is 2.78 bits per heavy atom. The number of hydrogen-bond acceptors (Lipinski definition) is 8. The molecule has 0 bridgehead atoms. The number of thioether (sulfide) groups is 1. The first-order valence-electron chi connectivity index (χ1n) is 12.0. The number of carbonyl (C=O) groups excluding carboxylic acids is 3. The first-order valence-corrected chi connectivity index (χ1v) is 13.7. The molecule has 0 saturated heterocycles. The molecule has 3 aromatic rings. The number of benzene rings is 1. The lowest BCUT2D eigenvalue weighted by Crippen LogP contribution is -2.25. The normalized spacial score (nSPS) is 13.5. The van der Waals surface area contributed by atoms with Crippen molar-refractivity contribution in [1.82, 2.24) is 20.1 Å². The van der Waals surface area contributed by atoms with Gasteiger partial charge in [0.05, 0.1) is 24.0 Å². The van der Waals surface area contributed by atoms with Gasteiger partial charge in [0, 0.05) is 17.5 Å². The van der Waals surface area contributed by atoms with Gasteiger partial charge in [-0.2, -0.15) is 0 Å². The van der Waals surface area contributed by atoms with E-state index in [4.69, 9.17) is 4.74 Å². The Balaban J connectivity index is 1.40. The molecule has 2 N–H and O–H groups in total. The maximum atomic E-state index is 13.4. The number of carbonyl (C=O) groups is 3. The Hall–Kier alpha value is -3.25. The van der Waals surface area contributed by atoms with E-state index in [1.54, 1.807) is 25.5 Å². The van der Waals surface area contributed by atoms with E-state index in [1.165, 1.54) is 41.3 Å². The summed E-state index contributed by atoms with van der Waals surface area (Å²) in [5.41, 5.74) is 1.67. The van der Waals surface area contributed by atoms with E-state index in [0.717, 1.165) is 42.2 Å². The van der Waals surface area contributed by atoms with Gasteiger partial charge in [-0.05, 0) is 63.3 Å². The third-order valence-electron chi connectivity index (χ3n) is 5.96. The monoisotopic (exact) mass is 545 g/mol. The molecule has 0 radical (unpaired) electrons. The molecule has 1 aliphatic rings. The molecule has 1 aromatic carbocycles. The Bertz CT molecular complexity index is 1320. The van der Waals surface area contributed by atoms with Gasteiger partial charge in [-0.25, -0.2) is 9.18 Å². The number of nitrogens with one attached hydrogen (secondary N) is 2. The van der Waals surface area contributed by atoms with Gasteiger partial charge in [0.2, 0.25) is 5.91 Å². The molecule has 196 valence electrons. The van der Waals surface area contributed by atoms with Crippen LogP contribution in [0.1, 0.15) is 63.7 Å². The van der Waals surface area contributed by atoms with E-state index in [9.17, 15) is 18.8 Å². The zero-order valence-electron chi connectivity index (χ0n) is 20.8. The lowest BCUT2D eigenvalue weighted by molar-refractivity contribution is -0.115. The topological polar surface area (TPSA) is 115 Å². The van der Waals surface area contributed by atoms with Gasteiger partial charge in [-0.3, -0.25) is 9.59 Å². The number of amides is 2. The van der Waals surface area contributed by atoms with E-state index in [1.807, 2.05) is 0 Å². The van der Waals surface area contributed by atoms with Crippen molar-refractivity contribution in [1.29, 1.82) is 0 Å². The molecule has 1 atom stereocenters. The molecule has 2 aromatic heterocycles. The van der Waals surface area contributed by atoms with Crippen molar-refractivity contribution in [2.75, 3.05) is 11.9 Å². The van der Waals surface area contributed by atoms with Crippen LogP contribution < -0.4 is 10.6 Å². The maximum absolute atomic E-state index is 13.4. The van der Waals surface area contributed by atoms with Crippen molar-refractivity contribution >= 4 is 45.9 Å². The molecule has 2 heterocycles. The second-order valence-corrected chi connectivity index (χ2v) is 10.9. The molecule has 9 nitrogen and oxygen atoms in total. The first kappa shape index (κ1) is 26.8. The third kappa shape index (κ3) is 6.19. The number of hydrogen-bond donors (Lipinski definition) is 2. The summed E-state index contributed by atoms with van der Waals surface area (Å²) < 4.78 is 20.3. The van der Waals surface area contributed by atoms with Gasteiger partial charge in [0.25, 0.3) is 5.91 Å². The summed E-state index contributed by atoms with van der Waals surface area (Å²) in [6.45, 7) is 3.86. The minimum absolute atomic E-state index is 0.0869. The molecule has 2 amide bonds. The number of aromatic nitrogens is 3. The highest BCUT2D eigenvalue weighted by Crippen LogP contribution is 2.39. The van der Waals surface area contributed by atoms with Gasteiger partial charge in [0.15, 0.2) is 11.0 Å². The van der Waals surface area contributed by atoms with Crippen LogP contribution in [0.25, 0.3) is 0 Å². The maximum Gasteiger partial charge on any atom is 0.341 e. The lowest BCUT2D eigenvalue weighted by Gasteiger charge is -2.13. The molecule has 37 heavy (non-hydrogen) atoms. The third-order valence-corrected chi connectivity index (χ3v) is 8.30. The molecule has 0 fully saturated rings. The highest BCUT2D eigenvalue weighted by Gasteiger charge is 2.28. The summed E-state index contributed by atoms with van der Waals surface area (Å²) in [6, 6.07) is 5.42. The van der Waals surface area contributed by atoms with Gasteiger partial charge < -0.3 is 19.9 Å². The molecule has 12 heteroatoms. The molecule has 0 saturated carbocycles. The van der Waals surface area contributed by atoms with Crippen LogP contribution in [0, 0.1) is 5.82 Å². The number of fused-ring (bicyclic) bond motifs is 1. The van der Waals surface area contributed by atoms with Crippen LogP contribution in [-0.2, 0) is 36.0 Å². The van der Waals surface area contributed by atoms with E-state index < -0.39 is 22.9 Å². The average Bonchev–Trinajstić information content (AvgIpc) is 3.42. The Morgan fingerprint density at radius 1 is 1.24 bits per heavy atom. The molecule has 1 aliphatic carbocycles. The standard InChI is InChI=1S/C25H28FN5O4S2/c1-4-35-24(34)20-17-10-5-6-11-18(17)37-23(20)28-21(32)14(2)36-25-30-29-19(31(25)3)13-27-22(33)15-8-7-9-16(26)12-15/h7-9,12,14H,4-6,10-11,13H2,1-3H3,(H,27,33)(H,28,32)/t14-/m0/s1. The van der Waals surface area contributed by atoms with Crippen LogP contribution in [0.2, 0.25) is 0 Å². The molecule has 0 unspecified atom stereocenters. The van der Waals surface area contributed by atoms with Crippen LogP contribution in [0.15, 0.2) is 29.4 Å². The Labute approximate surface area is 222 Å². The van der Waals surface area contributed by atoms with Crippen LogP contribution in [0.3, 0.4) is 0 Å². The van der Waals surface area contributed by atoms with Crippen molar-refractivity contribution in [3.8, 4) is 0 Å². The largest absolute Gasteiger partial charge is 0.462 e. The van der Waals surface area contributed by atoms with Gasteiger partial charge in [-0.15, -0.1) is 21.5 Å². The van der Waals surface area contributed by atoms with Gasteiger partial charge in [-0.1, -0.05) is 17.8 Å². The summed E-state index contributed by atoms with van der Waals surface area (Å²) in [4.78, 5) is 39.1. The predicted molar refractivity (Wildman–Crippen MR) is 139 cm³/mol. The minimum atomic E-state index is -0.535. The lowest BCUT2D eigenvalue weighted by atomic mass is 9.95. The fourth-order valence-corrected chi connectivity index (χ4v) is 6.11. The SMILES string of the molecule is CCOC(=O)c1c(NC(=O)[C@H](C)Sc2nnc(CNC(=O)c3cccc(F)c3)n2C)sc2c1CCCC2. The number of anilines is 1. The number of ether oxygens (including phenoxy) is 1. The summed E-state index contributed by atoms with van der Waals surface area (Å²) >= 11 is 2.66. The van der Waals surface area contributed by atoms with Crippen molar-refractivity contribution < 1.29 is 23.5 Å². The van der Waals surface area contributed by atoms with Crippen LogP contribution in [-0.4, -0.2) is 44.4 Å². The number of aryl methyl sites for hydroxylation is 1. The van der Waals surface area contributed by atoms with Crippen molar-refractivity contribution in [2.24, 2.45) is 7.05 Å². The summed E-state index contributed by atoms with van der Waals surface area (Å²) in [6.07, 6.45) is 3.77. The number of nitrogens with zero attached hydrogens (tertiary/aromatic N) is 3. The average molecular weight is 546 g/mol. The fourth-order valence-electron chi connectivity index (χ4n) is 3.99. The van der Waals surface area contributed by atoms with Gasteiger partial charge in [0.1, 0.15) is 10.8 Å². The Morgan fingerprint density at radius 2 is 2.03 bits per heavy atom. The van der Waals surface area contributed by atoms with Crippen LogP contribution in [0.4, 0.5) is 9.39 Å². The zero-order chi connectivity index (χ0) is 26.5. The van der Waals surface area contributed by atoms with Crippen molar-refractivity contribution in [3.05, 3.63) is 57.5 Å². The van der Waals surface area contributed by atoms with E-state index in [0.29, 0.717) is 21.5 Å². The smallest absolute Gasteiger partial charge is 0.341 e. The molecular formula is C25H28FN5O4S2. The quantitative estimate of drug-likeness (QED) is 0.307. The van der Waals surface area contributed by atoms with E-state index in [-0.39, 0.29) is 24.6 Å². The highest BCUT2D eigenvalue weighted by molar-refractivity contribution is 8.00. The highest BCUT2D eigenvalue weighted by atomic mass is 32.2. The number of halogens is 1. The summed E-state index contributed by atoms with van der Waals surface area (Å²) in [7, 11) is 1.74. The van der Waals surface area contributed by atoms with Crippen molar-refractivity contribution in [3.63, 3.8) is 0 Å². The molecular weight excluding hydrogens is 517 g/mol. The van der Waals surface area contributed by atoms with E-state index >= 15 is 0 Å². The second kappa shape index (κ2) is 11.9. The van der Waals surface area contributed by atoms with E-state index in [2.05, 4.69) is 20.8 Å². The zero-order valence-corrected chi connectivity index (χ0v) is 22.4. The first-order chi connectivity index (χ1) is 17.8. The van der Waals surface area contributed by atoms with Crippen LogP contribution >= 0.6 is 23.1 Å². The number of rotatable bonds is 9. The Kier molecular flexibility index (Phi) is 8.59. The van der Waals surface area contributed by atoms with Gasteiger partial charge >= 0.3 is 5.97 Å². The molecule has 0 aliphatic heterocycles. The van der Waals surface area contributed by atoms with Crippen LogP contribution in [0.5, 0.6) is 0 Å². The summed E-state index contributed by atoms with van der Waals surface area (Å²) in [5.74, 6) is -1.11. The molecule has 4 rings (SSSR count). The summed E-state index contributed by atoms with van der Waals surface area (Å²) in [5, 5.41) is 14.4.